The van der Waals surface area contributed by atoms with Crippen molar-refractivity contribution in [2.75, 3.05) is 0 Å². The molecule has 0 saturated heterocycles. The number of halogens is 2. The summed E-state index contributed by atoms with van der Waals surface area (Å²) >= 11 is 4.74. The van der Waals surface area contributed by atoms with Gasteiger partial charge in [-0.15, -0.1) is 0 Å². The average Bonchev–Trinajstić information content (AvgIpc) is 2.24. The third-order valence-electron chi connectivity index (χ3n) is 2.55. The Bertz CT molecular complexity index is 580. The number of benzene rings is 1. The number of aromatic nitrogens is 1. The van der Waals surface area contributed by atoms with E-state index >= 15 is 0 Å². The first-order valence-electron chi connectivity index (χ1n) is 5.00. The second kappa shape index (κ2) is 7.16. The van der Waals surface area contributed by atoms with E-state index in [0.717, 1.165) is 16.5 Å². The Kier molecular flexibility index (Phi) is 6.54. The van der Waals surface area contributed by atoms with Crippen LogP contribution >= 0.6 is 40.0 Å². The molecule has 1 aromatic heterocycles. The number of nitrogens with zero attached hydrogens (tertiary/aromatic N) is 1. The molecule has 0 fully saturated rings. The van der Waals surface area contributed by atoms with Crippen molar-refractivity contribution < 1.29 is 9.47 Å². The molecule has 0 amide bonds. The normalized spacial score (nSPS) is 9.71. The number of pyridine rings is 1. The van der Waals surface area contributed by atoms with E-state index in [1.807, 2.05) is 20.0 Å². The van der Waals surface area contributed by atoms with Gasteiger partial charge in [0.15, 0.2) is 0 Å². The molecule has 0 saturated carbocycles. The first-order valence-corrected chi connectivity index (χ1v) is 14.0. The van der Waals surface area contributed by atoms with Gasteiger partial charge in [0.2, 0.25) is 0 Å². The third-order valence-corrected chi connectivity index (χ3v) is 2.55. The van der Waals surface area contributed by atoms with E-state index in [1.165, 1.54) is 5.56 Å². The van der Waals surface area contributed by atoms with Crippen LogP contribution in [0.15, 0.2) is 29.1 Å². The molecule has 17 heavy (non-hydrogen) atoms. The maximum absolute atomic E-state index is 11.4. The van der Waals surface area contributed by atoms with Crippen LogP contribution in [0.4, 0.5) is 0 Å². The second-order valence-corrected chi connectivity index (χ2v) is 15.6. The third kappa shape index (κ3) is 3.97. The molecule has 0 atom stereocenters. The number of rotatable bonds is 0. The molecular weight excluding hydrogens is 479 g/mol. The molecule has 0 bridgehead atoms. The summed E-state index contributed by atoms with van der Waals surface area (Å²) in [5, 5.41) is 1.13. The summed E-state index contributed by atoms with van der Waals surface area (Å²) in [6, 6.07) is 7.70. The van der Waals surface area contributed by atoms with E-state index in [0.29, 0.717) is 9.47 Å². The maximum atomic E-state index is 11.4. The molecule has 5 heteroatoms. The molecular formula is C12H13I2NOV. The van der Waals surface area contributed by atoms with Gasteiger partial charge in [-0.2, -0.15) is 0 Å². The van der Waals surface area contributed by atoms with Crippen LogP contribution in [0, 0.1) is 13.8 Å². The van der Waals surface area contributed by atoms with E-state index in [1.54, 1.807) is 10.6 Å². The SMILES string of the molecule is Cc1cc(C)c2c(ccc(=O)n2C)c1.[I][V][I]. The zero-order valence-electron chi connectivity index (χ0n) is 9.87. The standard InChI is InChI=1S/C12H13NO.2HI.V/c1-8-6-9(2)12-10(7-8)4-5-11(14)13(12)3;;;/h4-7H,1-3H3;2*1H;/q;;;+2/p-2. The van der Waals surface area contributed by atoms with Gasteiger partial charge in [0, 0.05) is 13.1 Å². The van der Waals surface area contributed by atoms with Crippen LogP contribution in [0.25, 0.3) is 10.9 Å². The molecule has 0 aliphatic rings. The zero-order valence-corrected chi connectivity index (χ0v) is 15.6. The molecule has 0 unspecified atom stereocenters. The van der Waals surface area contributed by atoms with Crippen molar-refractivity contribution in [2.24, 2.45) is 7.05 Å². The van der Waals surface area contributed by atoms with Gasteiger partial charge in [-0.1, -0.05) is 11.6 Å². The van der Waals surface area contributed by atoms with Crippen LogP contribution < -0.4 is 5.56 Å². The minimum atomic E-state index is 0.0458. The minimum absolute atomic E-state index is 0.0458. The molecule has 0 aliphatic heterocycles. The van der Waals surface area contributed by atoms with E-state index in [4.69, 9.17) is 0 Å². The van der Waals surface area contributed by atoms with Crippen molar-refractivity contribution >= 4 is 50.9 Å². The van der Waals surface area contributed by atoms with Crippen molar-refractivity contribution in [2.45, 2.75) is 13.8 Å². The molecule has 2 nitrogen and oxygen atoms in total. The number of fused-ring (bicyclic) bond motifs is 1. The van der Waals surface area contributed by atoms with Crippen LogP contribution in [0.2, 0.25) is 0 Å². The molecule has 0 N–H and O–H groups in total. The summed E-state index contributed by atoms with van der Waals surface area (Å²) < 4.78 is 1.70. The van der Waals surface area contributed by atoms with Gasteiger partial charge in [0.25, 0.3) is 5.56 Å². The van der Waals surface area contributed by atoms with Crippen molar-refractivity contribution in [3.05, 3.63) is 45.7 Å². The molecule has 1 heterocycles. The average molecular weight is 492 g/mol. The number of hydrogen-bond donors (Lipinski definition) is 0. The van der Waals surface area contributed by atoms with E-state index in [2.05, 4.69) is 59.0 Å². The Morgan fingerprint density at radius 1 is 1.18 bits per heavy atom. The van der Waals surface area contributed by atoms with E-state index in [9.17, 15) is 4.79 Å². The van der Waals surface area contributed by atoms with Gasteiger partial charge < -0.3 is 4.57 Å². The fraction of sp³-hybridized carbons (Fsp3) is 0.250. The van der Waals surface area contributed by atoms with Crippen LogP contribution in [0.1, 0.15) is 11.1 Å². The fourth-order valence-corrected chi connectivity index (χ4v) is 1.96. The Hall–Kier alpha value is 0.474. The molecule has 0 spiro atoms. The summed E-state index contributed by atoms with van der Waals surface area (Å²) in [6.45, 7) is 4.10. The summed E-state index contributed by atoms with van der Waals surface area (Å²) in [7, 11) is 2.44. The van der Waals surface area contributed by atoms with Gasteiger partial charge in [0.05, 0.1) is 5.52 Å². The van der Waals surface area contributed by atoms with Crippen molar-refractivity contribution in [3.8, 4) is 0 Å². The summed E-state index contributed by atoms with van der Waals surface area (Å²) in [6.07, 6.45) is 0. The Labute approximate surface area is 130 Å². The second-order valence-electron chi connectivity index (χ2n) is 3.81. The summed E-state index contributed by atoms with van der Waals surface area (Å²) in [5.41, 5.74) is 3.46. The topological polar surface area (TPSA) is 22.0 Å². The fourth-order valence-electron chi connectivity index (χ4n) is 1.96. The quantitative estimate of drug-likeness (QED) is 0.512. The van der Waals surface area contributed by atoms with Crippen LogP contribution in [0.5, 0.6) is 0 Å². The van der Waals surface area contributed by atoms with Gasteiger partial charge in [-0.3, -0.25) is 4.79 Å². The molecule has 2 rings (SSSR count). The summed E-state index contributed by atoms with van der Waals surface area (Å²) in [4.78, 5) is 11.4. The Balaban J connectivity index is 0.000000437. The zero-order chi connectivity index (χ0) is 13.0. The summed E-state index contributed by atoms with van der Waals surface area (Å²) in [5.74, 6) is 0. The van der Waals surface area contributed by atoms with Crippen LogP contribution in [0.3, 0.4) is 0 Å². The molecule has 91 valence electrons. The number of hydrogen-bond acceptors (Lipinski definition) is 1. The van der Waals surface area contributed by atoms with Crippen molar-refractivity contribution in [3.63, 3.8) is 0 Å². The Morgan fingerprint density at radius 2 is 1.76 bits per heavy atom. The first-order chi connectivity index (χ1) is 8.01. The van der Waals surface area contributed by atoms with Gasteiger partial charge in [-0.25, -0.2) is 0 Å². The van der Waals surface area contributed by atoms with Gasteiger partial charge in [-0.05, 0) is 36.9 Å². The van der Waals surface area contributed by atoms with Crippen molar-refractivity contribution in [1.29, 1.82) is 0 Å². The van der Waals surface area contributed by atoms with Crippen molar-refractivity contribution in [1.82, 2.24) is 4.57 Å². The van der Waals surface area contributed by atoms with E-state index < -0.39 is 0 Å². The molecule has 2 aromatic rings. The number of aryl methyl sites for hydroxylation is 3. The Morgan fingerprint density at radius 3 is 2.35 bits per heavy atom. The predicted molar refractivity (Wildman–Crippen MR) is 86.7 cm³/mol. The predicted octanol–water partition coefficient (Wildman–Crippen LogP) is 3.92. The van der Waals surface area contributed by atoms with E-state index in [-0.39, 0.29) is 5.56 Å². The molecule has 1 aromatic carbocycles. The monoisotopic (exact) mass is 492 g/mol. The van der Waals surface area contributed by atoms with Gasteiger partial charge in [0.1, 0.15) is 0 Å². The van der Waals surface area contributed by atoms with Crippen LogP contribution in [-0.2, 0) is 16.5 Å². The first kappa shape index (κ1) is 15.5. The van der Waals surface area contributed by atoms with Crippen LogP contribution in [-0.4, -0.2) is 4.57 Å². The molecule has 0 aliphatic carbocycles. The molecule has 0 radical (unpaired) electrons. The van der Waals surface area contributed by atoms with Gasteiger partial charge >= 0.3 is 49.4 Å².